The van der Waals surface area contributed by atoms with E-state index in [9.17, 15) is 14.7 Å². The van der Waals surface area contributed by atoms with Gasteiger partial charge in [-0.25, -0.2) is 0 Å². The molecule has 2 aliphatic heterocycles. The minimum absolute atomic E-state index is 0.0241. The molecule has 2 aliphatic rings. The molecule has 156 valence electrons. The lowest BCUT2D eigenvalue weighted by atomic mass is 9.90. The molecule has 30 heavy (non-hydrogen) atoms. The lowest BCUT2D eigenvalue weighted by Crippen LogP contribution is -2.47. The van der Waals surface area contributed by atoms with Crippen LogP contribution < -0.4 is 24.6 Å². The summed E-state index contributed by atoms with van der Waals surface area (Å²) in [6, 6.07) is 11.9. The van der Waals surface area contributed by atoms with E-state index >= 15 is 0 Å². The number of benzene rings is 2. The summed E-state index contributed by atoms with van der Waals surface area (Å²) in [7, 11) is 1.55. The molecule has 0 saturated heterocycles. The third kappa shape index (κ3) is 3.86. The molecule has 0 aliphatic carbocycles. The number of aliphatic carboxylic acids is 1. The van der Waals surface area contributed by atoms with E-state index in [1.54, 1.807) is 49.6 Å². The molecular weight excluding hydrogens is 392 g/mol. The fraction of sp³-hybridized carbons (Fsp3) is 0.286. The van der Waals surface area contributed by atoms with Gasteiger partial charge in [-0.15, -0.1) is 0 Å². The Morgan fingerprint density at radius 3 is 2.57 bits per heavy atom. The molecule has 0 saturated carbocycles. The van der Waals surface area contributed by atoms with Crippen molar-refractivity contribution >= 4 is 23.3 Å². The highest BCUT2D eigenvalue weighted by atomic mass is 16.7. The zero-order chi connectivity index (χ0) is 21.1. The van der Waals surface area contributed by atoms with Crippen LogP contribution in [0.3, 0.4) is 0 Å². The second kappa shape index (κ2) is 7.94. The number of carbonyl (C=O) groups is 2. The summed E-state index contributed by atoms with van der Waals surface area (Å²) in [5.74, 6) is -0.328. The van der Waals surface area contributed by atoms with Gasteiger partial charge in [-0.1, -0.05) is 5.16 Å². The zero-order valence-electron chi connectivity index (χ0n) is 16.2. The first kappa shape index (κ1) is 19.6. The summed E-state index contributed by atoms with van der Waals surface area (Å²) in [4.78, 5) is 29.8. The van der Waals surface area contributed by atoms with Crippen LogP contribution in [-0.4, -0.2) is 43.5 Å². The molecule has 2 aromatic rings. The van der Waals surface area contributed by atoms with Crippen LogP contribution in [0.2, 0.25) is 0 Å². The number of oxime groups is 1. The van der Waals surface area contributed by atoms with Crippen LogP contribution in [0.5, 0.6) is 17.2 Å². The first-order valence-corrected chi connectivity index (χ1v) is 9.29. The number of hydrogen-bond acceptors (Lipinski definition) is 8. The molecule has 2 heterocycles. The Morgan fingerprint density at radius 2 is 1.87 bits per heavy atom. The van der Waals surface area contributed by atoms with Crippen molar-refractivity contribution in [1.82, 2.24) is 0 Å². The molecule has 0 fully saturated rings. The van der Waals surface area contributed by atoms with Gasteiger partial charge in [0.2, 0.25) is 5.60 Å². The molecule has 0 unspecified atom stereocenters. The number of rotatable bonds is 6. The van der Waals surface area contributed by atoms with E-state index in [0.717, 1.165) is 0 Å². The quantitative estimate of drug-likeness (QED) is 0.756. The molecule has 4 rings (SSSR count). The van der Waals surface area contributed by atoms with Crippen molar-refractivity contribution < 1.29 is 33.7 Å². The Hall–Kier alpha value is -3.75. The largest absolute Gasteiger partial charge is 0.550 e. The van der Waals surface area contributed by atoms with Gasteiger partial charge in [0.05, 0.1) is 12.8 Å². The smallest absolute Gasteiger partial charge is 0.272 e. The summed E-state index contributed by atoms with van der Waals surface area (Å²) in [5.41, 5.74) is -0.149. The van der Waals surface area contributed by atoms with Gasteiger partial charge in [-0.2, -0.15) is 0 Å². The van der Waals surface area contributed by atoms with Crippen LogP contribution in [0.15, 0.2) is 47.6 Å². The Morgan fingerprint density at radius 1 is 1.13 bits per heavy atom. The van der Waals surface area contributed by atoms with E-state index in [0.29, 0.717) is 47.4 Å². The maximum atomic E-state index is 13.0. The number of ether oxygens (including phenoxy) is 3. The van der Waals surface area contributed by atoms with E-state index in [4.69, 9.17) is 19.0 Å². The maximum absolute atomic E-state index is 13.0. The molecule has 9 nitrogen and oxygen atoms in total. The number of hydrogen-bond donors (Lipinski definition) is 1. The van der Waals surface area contributed by atoms with Crippen molar-refractivity contribution in [3.8, 4) is 17.2 Å². The van der Waals surface area contributed by atoms with Crippen LogP contribution in [0.25, 0.3) is 0 Å². The van der Waals surface area contributed by atoms with Gasteiger partial charge in [0.15, 0.2) is 11.5 Å². The summed E-state index contributed by atoms with van der Waals surface area (Å²) in [5, 5.41) is 18.0. The van der Waals surface area contributed by atoms with Crippen molar-refractivity contribution in [3.05, 3.63) is 48.0 Å². The lowest BCUT2D eigenvalue weighted by Gasteiger charge is -2.26. The highest BCUT2D eigenvalue weighted by Crippen LogP contribution is 2.35. The minimum Gasteiger partial charge on any atom is -0.550 e. The molecule has 0 radical (unpaired) electrons. The number of carbonyl (C=O) groups excluding carboxylic acids is 2. The van der Waals surface area contributed by atoms with E-state index in [2.05, 4.69) is 10.5 Å². The second-order valence-corrected chi connectivity index (χ2v) is 6.89. The van der Waals surface area contributed by atoms with Crippen molar-refractivity contribution in [1.29, 1.82) is 0 Å². The number of methoxy groups -OCH3 is 1. The van der Waals surface area contributed by atoms with Gasteiger partial charge in [0, 0.05) is 30.6 Å². The van der Waals surface area contributed by atoms with Gasteiger partial charge >= 0.3 is 0 Å². The normalized spacial score (nSPS) is 19.4. The first-order chi connectivity index (χ1) is 14.5. The Kier molecular flexibility index (Phi) is 5.18. The van der Waals surface area contributed by atoms with Crippen LogP contribution in [0, 0.1) is 0 Å². The number of carboxylic acid groups (broad SMARTS) is 1. The zero-order valence-corrected chi connectivity index (χ0v) is 16.2. The number of amides is 1. The highest BCUT2D eigenvalue weighted by Gasteiger charge is 2.47. The summed E-state index contributed by atoms with van der Waals surface area (Å²) < 4.78 is 16.1. The van der Waals surface area contributed by atoms with E-state index in [1.807, 2.05) is 0 Å². The molecular formula is C21H19N2O7-. The third-order valence-corrected chi connectivity index (χ3v) is 4.85. The Bertz CT molecular complexity index is 1000. The van der Waals surface area contributed by atoms with Gasteiger partial charge in [0.1, 0.15) is 19.0 Å². The number of carboxylic acids is 1. The highest BCUT2D eigenvalue weighted by molar-refractivity contribution is 6.09. The Labute approximate surface area is 172 Å². The molecule has 2 aromatic carbocycles. The maximum Gasteiger partial charge on any atom is 0.272 e. The number of fused-ring (bicyclic) bond motifs is 1. The summed E-state index contributed by atoms with van der Waals surface area (Å²) >= 11 is 0. The minimum atomic E-state index is -1.72. The van der Waals surface area contributed by atoms with Crippen molar-refractivity contribution in [2.24, 2.45) is 5.16 Å². The molecule has 1 amide bonds. The first-order valence-electron chi connectivity index (χ1n) is 9.29. The van der Waals surface area contributed by atoms with Gasteiger partial charge in [-0.3, -0.25) is 4.79 Å². The third-order valence-electron chi connectivity index (χ3n) is 4.85. The summed E-state index contributed by atoms with van der Waals surface area (Å²) in [6.07, 6.45) is -0.670. The fourth-order valence-electron chi connectivity index (χ4n) is 3.31. The van der Waals surface area contributed by atoms with E-state index in [-0.39, 0.29) is 6.42 Å². The van der Waals surface area contributed by atoms with Crippen LogP contribution >= 0.6 is 0 Å². The second-order valence-electron chi connectivity index (χ2n) is 6.89. The predicted molar refractivity (Wildman–Crippen MR) is 104 cm³/mol. The Balaban J connectivity index is 1.53. The molecule has 9 heteroatoms. The van der Waals surface area contributed by atoms with Crippen LogP contribution in [0.1, 0.15) is 18.4 Å². The average Bonchev–Trinajstić information content (AvgIpc) is 3.18. The van der Waals surface area contributed by atoms with E-state index < -0.39 is 23.9 Å². The number of nitrogens with zero attached hydrogens (tertiary/aromatic N) is 1. The van der Waals surface area contributed by atoms with Crippen molar-refractivity contribution in [2.75, 3.05) is 25.6 Å². The fourth-order valence-corrected chi connectivity index (χ4v) is 3.31. The van der Waals surface area contributed by atoms with Gasteiger partial charge in [0.25, 0.3) is 5.91 Å². The van der Waals surface area contributed by atoms with Gasteiger partial charge < -0.3 is 34.3 Å². The van der Waals surface area contributed by atoms with E-state index in [1.165, 1.54) is 0 Å². The molecule has 0 bridgehead atoms. The van der Waals surface area contributed by atoms with Crippen LogP contribution in [0.4, 0.5) is 5.69 Å². The lowest BCUT2D eigenvalue weighted by molar-refractivity contribution is -0.309. The standard InChI is InChI=1S/C21H20N2O7/c1-27-15-5-2-13(3-6-15)16-11-21(30-23-16,12-19(24)25)20(26)22-14-4-7-17-18(10-14)29-9-8-28-17/h2-7,10H,8-9,11-12H2,1H3,(H,22,26)(H,24,25)/p-1/t21-/m0/s1. The van der Waals surface area contributed by atoms with Crippen LogP contribution in [-0.2, 0) is 14.4 Å². The number of anilines is 1. The summed E-state index contributed by atoms with van der Waals surface area (Å²) in [6.45, 7) is 0.855. The molecule has 1 atom stereocenters. The van der Waals surface area contributed by atoms with Crippen molar-refractivity contribution in [2.45, 2.75) is 18.4 Å². The monoisotopic (exact) mass is 411 g/mol. The number of nitrogens with one attached hydrogen (secondary N) is 1. The van der Waals surface area contributed by atoms with Gasteiger partial charge in [-0.05, 0) is 42.0 Å². The van der Waals surface area contributed by atoms with Crippen molar-refractivity contribution in [3.63, 3.8) is 0 Å². The molecule has 1 N–H and O–H groups in total. The molecule has 0 aromatic heterocycles. The predicted octanol–water partition coefficient (Wildman–Crippen LogP) is 1.11. The average molecular weight is 411 g/mol. The SMILES string of the molecule is COc1ccc(C2=NO[C@@](CC(=O)[O-])(C(=O)Nc3ccc4c(c3)OCCO4)C2)cc1. The molecule has 0 spiro atoms. The topological polar surface area (TPSA) is 119 Å².